The number of thiocarbonyl (C=S) groups is 1. The van der Waals surface area contributed by atoms with E-state index in [1.54, 1.807) is 41.3 Å². The number of carbonyl (C=O) groups is 2. The predicted molar refractivity (Wildman–Crippen MR) is 121 cm³/mol. The third-order valence-electron chi connectivity index (χ3n) is 4.56. The highest BCUT2D eigenvalue weighted by Crippen LogP contribution is 2.35. The minimum atomic E-state index is -0.440. The van der Waals surface area contributed by atoms with E-state index in [4.69, 9.17) is 21.4 Å². The summed E-state index contributed by atoms with van der Waals surface area (Å²) in [7, 11) is 1.34. The van der Waals surface area contributed by atoms with E-state index in [9.17, 15) is 9.59 Å². The van der Waals surface area contributed by atoms with Gasteiger partial charge in [-0.2, -0.15) is 0 Å². The van der Waals surface area contributed by atoms with E-state index in [0.717, 1.165) is 5.56 Å². The van der Waals surface area contributed by atoms with Crippen molar-refractivity contribution in [1.82, 2.24) is 4.90 Å². The van der Waals surface area contributed by atoms with Crippen molar-refractivity contribution in [2.45, 2.75) is 6.54 Å². The van der Waals surface area contributed by atoms with Crippen LogP contribution in [-0.4, -0.2) is 28.2 Å². The maximum absolute atomic E-state index is 12.8. The Morgan fingerprint density at radius 2 is 1.83 bits per heavy atom. The molecule has 5 nitrogen and oxygen atoms in total. The van der Waals surface area contributed by atoms with Gasteiger partial charge >= 0.3 is 5.97 Å². The van der Waals surface area contributed by atoms with E-state index in [1.165, 1.54) is 18.9 Å². The molecule has 150 valence electrons. The summed E-state index contributed by atoms with van der Waals surface area (Å²) in [6.07, 6.45) is 1.68. The van der Waals surface area contributed by atoms with Crippen molar-refractivity contribution in [3.63, 3.8) is 0 Å². The van der Waals surface area contributed by atoms with Crippen LogP contribution in [0.2, 0.25) is 0 Å². The van der Waals surface area contributed by atoms with Gasteiger partial charge in [-0.15, -0.1) is 0 Å². The first kappa shape index (κ1) is 20.1. The van der Waals surface area contributed by atoms with Gasteiger partial charge in [0.1, 0.15) is 15.8 Å². The van der Waals surface area contributed by atoms with Crippen molar-refractivity contribution in [3.05, 3.63) is 88.5 Å². The molecule has 2 aromatic carbocycles. The maximum Gasteiger partial charge on any atom is 0.338 e. The first-order valence-corrected chi connectivity index (χ1v) is 10.4. The summed E-state index contributed by atoms with van der Waals surface area (Å²) < 4.78 is 11.2. The molecule has 0 aliphatic carbocycles. The quantitative estimate of drug-likeness (QED) is 0.314. The molecular formula is C23H17NO4S2. The van der Waals surface area contributed by atoms with Gasteiger partial charge in [0.05, 0.1) is 24.1 Å². The minimum absolute atomic E-state index is 0.151. The van der Waals surface area contributed by atoms with Gasteiger partial charge in [0, 0.05) is 11.6 Å². The zero-order chi connectivity index (χ0) is 21.1. The Hall–Kier alpha value is -3.16. The largest absolute Gasteiger partial charge is 0.465 e. The van der Waals surface area contributed by atoms with Gasteiger partial charge in [-0.3, -0.25) is 9.69 Å². The van der Waals surface area contributed by atoms with E-state index in [-0.39, 0.29) is 5.91 Å². The lowest BCUT2D eigenvalue weighted by molar-refractivity contribution is -0.122. The number of benzene rings is 2. The lowest BCUT2D eigenvalue weighted by Crippen LogP contribution is -2.27. The van der Waals surface area contributed by atoms with Gasteiger partial charge in [-0.25, -0.2) is 4.79 Å². The van der Waals surface area contributed by atoms with E-state index in [0.29, 0.717) is 38.4 Å². The number of hydrogen-bond acceptors (Lipinski definition) is 6. The second-order valence-electron chi connectivity index (χ2n) is 6.49. The molecule has 0 unspecified atom stereocenters. The first-order chi connectivity index (χ1) is 14.6. The van der Waals surface area contributed by atoms with Gasteiger partial charge < -0.3 is 9.15 Å². The van der Waals surface area contributed by atoms with Crippen LogP contribution in [0.4, 0.5) is 0 Å². The molecule has 4 rings (SSSR count). The third kappa shape index (κ3) is 4.08. The fraction of sp³-hybridized carbons (Fsp3) is 0.0870. The standard InChI is InChI=1S/C23H17NO4S2/c1-27-22(26)18-10-6-5-9-17(18)19-12-11-16(28-19)13-20-21(25)24(23(29)30-20)14-15-7-3-2-4-8-15/h2-13H,14H2,1H3/b20-13-. The van der Waals surface area contributed by atoms with E-state index in [1.807, 2.05) is 36.4 Å². The van der Waals surface area contributed by atoms with Crippen molar-refractivity contribution in [3.8, 4) is 11.3 Å². The number of carbonyl (C=O) groups excluding carboxylic acids is 2. The topological polar surface area (TPSA) is 59.8 Å². The molecule has 1 fully saturated rings. The number of hydrogen-bond donors (Lipinski definition) is 0. The van der Waals surface area contributed by atoms with Crippen LogP contribution in [0.15, 0.2) is 76.1 Å². The molecule has 0 saturated carbocycles. The third-order valence-corrected chi connectivity index (χ3v) is 5.93. The Balaban J connectivity index is 1.57. The van der Waals surface area contributed by atoms with Gasteiger partial charge in [-0.05, 0) is 23.8 Å². The van der Waals surface area contributed by atoms with Crippen LogP contribution < -0.4 is 0 Å². The molecule has 0 bridgehead atoms. The summed E-state index contributed by atoms with van der Waals surface area (Å²) in [5, 5.41) is 0. The average Bonchev–Trinajstić information content (AvgIpc) is 3.34. The molecule has 0 radical (unpaired) electrons. The van der Waals surface area contributed by atoms with Crippen molar-refractivity contribution in [2.75, 3.05) is 7.11 Å². The number of nitrogens with zero attached hydrogens (tertiary/aromatic N) is 1. The molecule has 30 heavy (non-hydrogen) atoms. The second-order valence-corrected chi connectivity index (χ2v) is 8.17. The van der Waals surface area contributed by atoms with E-state index < -0.39 is 5.97 Å². The summed E-state index contributed by atoms with van der Waals surface area (Å²) >= 11 is 6.64. The van der Waals surface area contributed by atoms with Crippen LogP contribution in [-0.2, 0) is 16.1 Å². The smallest absolute Gasteiger partial charge is 0.338 e. The number of ether oxygens (including phenoxy) is 1. The summed E-state index contributed by atoms with van der Waals surface area (Å²) in [5.74, 6) is 0.430. The Morgan fingerprint density at radius 1 is 1.10 bits per heavy atom. The highest BCUT2D eigenvalue weighted by Gasteiger charge is 2.32. The molecule has 0 N–H and O–H groups in total. The van der Waals surface area contributed by atoms with Crippen LogP contribution in [0.1, 0.15) is 21.7 Å². The highest BCUT2D eigenvalue weighted by molar-refractivity contribution is 8.26. The maximum atomic E-state index is 12.8. The van der Waals surface area contributed by atoms with Crippen LogP contribution in [0.5, 0.6) is 0 Å². The number of thioether (sulfide) groups is 1. The van der Waals surface area contributed by atoms with Gasteiger partial charge in [0.25, 0.3) is 5.91 Å². The summed E-state index contributed by atoms with van der Waals surface area (Å²) in [6, 6.07) is 20.3. The predicted octanol–water partition coefficient (Wildman–Crippen LogP) is 5.13. The fourth-order valence-corrected chi connectivity index (χ4v) is 4.33. The molecule has 7 heteroatoms. The monoisotopic (exact) mass is 435 g/mol. The van der Waals surface area contributed by atoms with E-state index >= 15 is 0 Å². The van der Waals surface area contributed by atoms with Crippen molar-refractivity contribution in [1.29, 1.82) is 0 Å². The molecule has 1 aliphatic heterocycles. The number of methoxy groups -OCH3 is 1. The van der Waals surface area contributed by atoms with Crippen LogP contribution in [0.25, 0.3) is 17.4 Å². The van der Waals surface area contributed by atoms with Gasteiger partial charge in [0.15, 0.2) is 0 Å². The normalized spacial score (nSPS) is 15.1. The van der Waals surface area contributed by atoms with Crippen molar-refractivity contribution >= 4 is 46.3 Å². The Kier molecular flexibility index (Phi) is 5.83. The summed E-state index contributed by atoms with van der Waals surface area (Å²) in [5.41, 5.74) is 2.05. The lowest BCUT2D eigenvalue weighted by Gasteiger charge is -2.14. The highest BCUT2D eigenvalue weighted by atomic mass is 32.2. The van der Waals surface area contributed by atoms with E-state index in [2.05, 4.69) is 0 Å². The Morgan fingerprint density at radius 3 is 2.60 bits per heavy atom. The molecule has 1 saturated heterocycles. The zero-order valence-electron chi connectivity index (χ0n) is 16.0. The van der Waals surface area contributed by atoms with Gasteiger partial charge in [-0.1, -0.05) is 72.5 Å². The molecule has 1 aliphatic rings. The van der Waals surface area contributed by atoms with Crippen LogP contribution in [0, 0.1) is 0 Å². The second kappa shape index (κ2) is 8.69. The molecular weight excluding hydrogens is 418 g/mol. The Bertz CT molecular complexity index is 1150. The van der Waals surface area contributed by atoms with Crippen LogP contribution >= 0.6 is 24.0 Å². The molecule has 0 atom stereocenters. The lowest BCUT2D eigenvalue weighted by atomic mass is 10.1. The average molecular weight is 436 g/mol. The SMILES string of the molecule is COC(=O)c1ccccc1-c1ccc(/C=C2\SC(=S)N(Cc3ccccc3)C2=O)o1. The van der Waals surface area contributed by atoms with Crippen molar-refractivity contribution in [2.24, 2.45) is 0 Å². The number of furan rings is 1. The number of esters is 1. The molecule has 2 heterocycles. The Labute approximate surface area is 183 Å². The number of amides is 1. The number of rotatable bonds is 5. The fourth-order valence-electron chi connectivity index (χ4n) is 3.09. The van der Waals surface area contributed by atoms with Crippen LogP contribution in [0.3, 0.4) is 0 Å². The molecule has 0 spiro atoms. The van der Waals surface area contributed by atoms with Gasteiger partial charge in [0.2, 0.25) is 0 Å². The van der Waals surface area contributed by atoms with Crippen molar-refractivity contribution < 1.29 is 18.7 Å². The summed E-state index contributed by atoms with van der Waals surface area (Å²) in [4.78, 5) is 26.9. The minimum Gasteiger partial charge on any atom is -0.465 e. The summed E-state index contributed by atoms with van der Waals surface area (Å²) in [6.45, 7) is 0.429. The first-order valence-electron chi connectivity index (χ1n) is 9.13. The molecule has 1 aromatic heterocycles. The molecule has 3 aromatic rings. The molecule has 1 amide bonds. The zero-order valence-corrected chi connectivity index (χ0v) is 17.7.